The third-order valence-corrected chi connectivity index (χ3v) is 6.81. The Morgan fingerprint density at radius 2 is 1.32 bits per heavy atom. The van der Waals surface area contributed by atoms with E-state index in [0.29, 0.717) is 6.07 Å². The molecule has 228 valence electrons. The van der Waals surface area contributed by atoms with Crippen molar-refractivity contribution in [1.29, 1.82) is 0 Å². The van der Waals surface area contributed by atoms with Gasteiger partial charge < -0.3 is 14.0 Å². The molecule has 1 aliphatic carbocycles. The van der Waals surface area contributed by atoms with E-state index in [1.165, 1.54) is 12.1 Å². The van der Waals surface area contributed by atoms with E-state index >= 15 is 0 Å². The van der Waals surface area contributed by atoms with Gasteiger partial charge in [0.1, 0.15) is 5.56 Å². The van der Waals surface area contributed by atoms with Crippen LogP contribution in [-0.2, 0) is 27.2 Å². The van der Waals surface area contributed by atoms with Crippen LogP contribution in [0.2, 0.25) is 0 Å². The van der Waals surface area contributed by atoms with Crippen molar-refractivity contribution < 1.29 is 71.5 Å². The monoisotopic (exact) mass is 624 g/mol. The molecule has 0 heterocycles. The van der Waals surface area contributed by atoms with Crippen molar-refractivity contribution in [2.75, 3.05) is 7.11 Å². The van der Waals surface area contributed by atoms with Crippen LogP contribution in [0.3, 0.4) is 0 Å². The van der Waals surface area contributed by atoms with Gasteiger partial charge in [0.05, 0.1) is 23.8 Å². The van der Waals surface area contributed by atoms with Gasteiger partial charge in [0.25, 0.3) is 0 Å². The van der Waals surface area contributed by atoms with Crippen molar-refractivity contribution in [3.8, 4) is 5.75 Å². The van der Waals surface area contributed by atoms with Crippen molar-refractivity contribution in [3.63, 3.8) is 0 Å². The van der Waals surface area contributed by atoms with E-state index in [-0.39, 0.29) is 29.2 Å². The van der Waals surface area contributed by atoms with Crippen LogP contribution in [0.4, 0.5) is 39.5 Å². The van der Waals surface area contributed by atoms with Gasteiger partial charge >= 0.3 is 39.9 Å². The molecule has 1 N–H and O–H groups in total. The Morgan fingerprint density at radius 3 is 1.78 bits per heavy atom. The third kappa shape index (κ3) is 8.74. The van der Waals surface area contributed by atoms with Crippen LogP contribution in [-0.4, -0.2) is 38.1 Å². The Morgan fingerprint density at radius 1 is 0.805 bits per heavy atom. The second-order valence-corrected chi connectivity index (χ2v) is 10.2. The summed E-state index contributed by atoms with van der Waals surface area (Å²) in [7, 11) is -5.42. The lowest BCUT2D eigenvalue weighted by molar-refractivity contribution is -0.139. The number of benzene rings is 2. The summed E-state index contributed by atoms with van der Waals surface area (Å²) in [6.45, 7) is 0. The van der Waals surface area contributed by atoms with E-state index < -0.39 is 62.4 Å². The van der Waals surface area contributed by atoms with Crippen LogP contribution in [0, 0.1) is 0 Å². The Kier molecular flexibility index (Phi) is 10.3. The quantitative estimate of drug-likeness (QED) is 0.163. The van der Waals surface area contributed by atoms with Crippen LogP contribution in [0.15, 0.2) is 36.4 Å². The highest BCUT2D eigenvalue weighted by Gasteiger charge is 2.50. The number of hydrogen-bond donors (Lipinski definition) is 1. The SMILES string of the molecule is COC(=O)c1ccc(OS(=O)(=O)C(F)(F)F)c(C(F)(F)F)c1.O=C(O)c1ccc(C2CCCCC2)c(C(F)(F)F)c1. The molecule has 1 saturated carbocycles. The van der Waals surface area contributed by atoms with E-state index in [1.807, 2.05) is 0 Å². The number of carboxylic acids is 1. The summed E-state index contributed by atoms with van der Waals surface area (Å²) in [5.74, 6) is -4.25. The molecular formula is C24H21F9O7S. The molecule has 0 unspecified atom stereocenters. The van der Waals surface area contributed by atoms with Gasteiger partial charge in [-0.2, -0.15) is 47.9 Å². The second-order valence-electron chi connectivity index (χ2n) is 8.62. The molecule has 0 spiro atoms. The number of methoxy groups -OCH3 is 1. The molecule has 41 heavy (non-hydrogen) atoms. The van der Waals surface area contributed by atoms with Crippen LogP contribution in [0.25, 0.3) is 0 Å². The van der Waals surface area contributed by atoms with Crippen molar-refractivity contribution in [1.82, 2.24) is 0 Å². The second kappa shape index (κ2) is 12.6. The van der Waals surface area contributed by atoms with Crippen LogP contribution >= 0.6 is 0 Å². The lowest BCUT2D eigenvalue weighted by Gasteiger charge is -2.25. The Labute approximate surface area is 227 Å². The highest BCUT2D eigenvalue weighted by Crippen LogP contribution is 2.41. The van der Waals surface area contributed by atoms with Gasteiger partial charge in [-0.25, -0.2) is 9.59 Å². The van der Waals surface area contributed by atoms with E-state index in [4.69, 9.17) is 5.11 Å². The minimum Gasteiger partial charge on any atom is -0.478 e. The van der Waals surface area contributed by atoms with Crippen molar-refractivity contribution in [3.05, 3.63) is 64.2 Å². The summed E-state index contributed by atoms with van der Waals surface area (Å²) in [5.41, 5.74) is -9.28. The van der Waals surface area contributed by atoms with Gasteiger partial charge in [0, 0.05) is 0 Å². The van der Waals surface area contributed by atoms with Gasteiger partial charge in [-0.15, -0.1) is 0 Å². The van der Waals surface area contributed by atoms with Gasteiger partial charge in [0.2, 0.25) is 0 Å². The lowest BCUT2D eigenvalue weighted by Crippen LogP contribution is -2.29. The first-order valence-electron chi connectivity index (χ1n) is 11.4. The Bertz CT molecular complexity index is 1360. The van der Waals surface area contributed by atoms with Crippen molar-refractivity contribution >= 4 is 22.1 Å². The first-order chi connectivity index (χ1) is 18.7. The summed E-state index contributed by atoms with van der Waals surface area (Å²) in [4.78, 5) is 21.9. The minimum atomic E-state index is -6.29. The van der Waals surface area contributed by atoms with Gasteiger partial charge in [-0.3, -0.25) is 0 Å². The number of hydrogen-bond acceptors (Lipinski definition) is 6. The predicted molar refractivity (Wildman–Crippen MR) is 123 cm³/mol. The van der Waals surface area contributed by atoms with Crippen LogP contribution in [0.5, 0.6) is 5.75 Å². The van der Waals surface area contributed by atoms with Crippen LogP contribution < -0.4 is 4.18 Å². The molecule has 7 nitrogen and oxygen atoms in total. The van der Waals surface area contributed by atoms with Crippen LogP contribution in [0.1, 0.15) is 75.4 Å². The first-order valence-corrected chi connectivity index (χ1v) is 12.8. The van der Waals surface area contributed by atoms with E-state index in [2.05, 4.69) is 8.92 Å². The average Bonchev–Trinajstić information content (AvgIpc) is 2.87. The average molecular weight is 624 g/mol. The summed E-state index contributed by atoms with van der Waals surface area (Å²) < 4.78 is 143. The zero-order valence-electron chi connectivity index (χ0n) is 20.8. The molecule has 1 fully saturated rings. The standard InChI is InChI=1S/C14H15F3O2.C10H6F6O5S/c15-14(16,17)12-8-10(13(18)19)6-7-11(12)9-4-2-1-3-5-9;1-20-8(17)5-2-3-7(6(4-5)9(11,12)13)21-22(18,19)10(14,15)16/h6-9H,1-5H2,(H,18,19);2-4H,1H3. The largest absolute Gasteiger partial charge is 0.534 e. The summed E-state index contributed by atoms with van der Waals surface area (Å²) in [6, 6.07) is 4.38. The molecule has 2 aromatic carbocycles. The number of carbonyl (C=O) groups excluding carboxylic acids is 1. The number of esters is 1. The minimum absolute atomic E-state index is 0.104. The molecule has 17 heteroatoms. The molecule has 0 bridgehead atoms. The van der Waals surface area contributed by atoms with E-state index in [0.717, 1.165) is 45.3 Å². The number of rotatable bonds is 5. The summed E-state index contributed by atoms with van der Waals surface area (Å²) in [6.07, 6.45) is -5.35. The summed E-state index contributed by atoms with van der Waals surface area (Å²) in [5, 5.41) is 8.81. The first kappa shape index (κ1) is 33.7. The molecule has 0 atom stereocenters. The third-order valence-electron chi connectivity index (χ3n) is 5.84. The fourth-order valence-electron chi connectivity index (χ4n) is 3.94. The number of aromatic carboxylic acids is 1. The molecule has 3 rings (SSSR count). The topological polar surface area (TPSA) is 107 Å². The number of alkyl halides is 9. The molecule has 0 radical (unpaired) electrons. The molecular weight excluding hydrogens is 603 g/mol. The predicted octanol–water partition coefficient (Wildman–Crippen LogP) is 7.17. The van der Waals surface area contributed by atoms with E-state index in [1.54, 1.807) is 0 Å². The van der Waals surface area contributed by atoms with Crippen molar-refractivity contribution in [2.45, 2.75) is 55.9 Å². The molecule has 1 aliphatic rings. The zero-order chi connectivity index (χ0) is 31.4. The van der Waals surface area contributed by atoms with Gasteiger partial charge in [-0.1, -0.05) is 25.3 Å². The summed E-state index contributed by atoms with van der Waals surface area (Å²) >= 11 is 0. The molecule has 0 aromatic heterocycles. The maximum absolute atomic E-state index is 13.1. The Hall–Kier alpha value is -3.50. The van der Waals surface area contributed by atoms with Gasteiger partial charge in [-0.05, 0) is 54.7 Å². The zero-order valence-corrected chi connectivity index (χ0v) is 21.6. The number of carbonyl (C=O) groups is 2. The number of halogens is 9. The highest BCUT2D eigenvalue weighted by molar-refractivity contribution is 7.88. The number of ether oxygens (including phenoxy) is 1. The van der Waals surface area contributed by atoms with Crippen molar-refractivity contribution in [2.24, 2.45) is 0 Å². The molecule has 0 aliphatic heterocycles. The fraction of sp³-hybridized carbons (Fsp3) is 0.417. The van der Waals surface area contributed by atoms with Gasteiger partial charge in [0.15, 0.2) is 5.75 Å². The molecule has 2 aromatic rings. The highest BCUT2D eigenvalue weighted by atomic mass is 32.2. The molecule has 0 amide bonds. The lowest BCUT2D eigenvalue weighted by atomic mass is 9.81. The normalized spacial score (nSPS) is 15.0. The molecule has 0 saturated heterocycles. The van der Waals surface area contributed by atoms with E-state index in [9.17, 15) is 57.5 Å². The smallest absolute Gasteiger partial charge is 0.478 e. The maximum Gasteiger partial charge on any atom is 0.534 e. The maximum atomic E-state index is 13.1. The number of carboxylic acid groups (broad SMARTS) is 1. The Balaban J connectivity index is 0.000000289. The fourth-order valence-corrected chi connectivity index (χ4v) is 4.42.